The number of aromatic nitrogens is 4. The average molecular weight is 237 g/mol. The molecule has 0 fully saturated rings. The normalized spacial score (nSPS) is 10.6. The first kappa shape index (κ1) is 11.1. The lowest BCUT2D eigenvalue weighted by Gasteiger charge is -1.95. The molecule has 0 unspecified atom stereocenters. The van der Waals surface area contributed by atoms with Crippen LogP contribution in [0.15, 0.2) is 12.4 Å². The Hall–Kier alpha value is -1.43. The van der Waals surface area contributed by atoms with Crippen molar-refractivity contribution in [3.63, 3.8) is 0 Å². The maximum absolute atomic E-state index is 4.22. The monoisotopic (exact) mass is 237 g/mol. The summed E-state index contributed by atoms with van der Waals surface area (Å²) < 4.78 is 1.88. The van der Waals surface area contributed by atoms with E-state index >= 15 is 0 Å². The van der Waals surface area contributed by atoms with Gasteiger partial charge in [0.2, 0.25) is 5.13 Å². The number of rotatable bonds is 5. The third kappa shape index (κ3) is 2.38. The van der Waals surface area contributed by atoms with Crippen LogP contribution in [0.3, 0.4) is 0 Å². The van der Waals surface area contributed by atoms with Crippen molar-refractivity contribution in [1.82, 2.24) is 20.0 Å². The predicted molar refractivity (Wildman–Crippen MR) is 65.6 cm³/mol. The second kappa shape index (κ2) is 5.07. The van der Waals surface area contributed by atoms with E-state index in [1.165, 1.54) is 0 Å². The first-order valence-corrected chi connectivity index (χ1v) is 6.25. The molecule has 0 aliphatic rings. The van der Waals surface area contributed by atoms with Crippen LogP contribution in [0, 0.1) is 0 Å². The number of hydrogen-bond donors (Lipinski definition) is 1. The van der Waals surface area contributed by atoms with Gasteiger partial charge in [0.05, 0.1) is 11.8 Å². The zero-order valence-corrected chi connectivity index (χ0v) is 10.3. The van der Waals surface area contributed by atoms with Crippen LogP contribution in [0.5, 0.6) is 0 Å². The van der Waals surface area contributed by atoms with Crippen molar-refractivity contribution in [2.45, 2.75) is 26.8 Å². The summed E-state index contributed by atoms with van der Waals surface area (Å²) in [5.41, 5.74) is 1.03. The molecule has 0 saturated heterocycles. The molecule has 0 saturated carbocycles. The first-order valence-electron chi connectivity index (χ1n) is 5.43. The Morgan fingerprint density at radius 2 is 2.25 bits per heavy atom. The fourth-order valence-corrected chi connectivity index (χ4v) is 2.03. The maximum Gasteiger partial charge on any atom is 0.206 e. The Bertz CT molecular complexity index is 448. The van der Waals surface area contributed by atoms with Gasteiger partial charge in [0.15, 0.2) is 5.01 Å². The van der Waals surface area contributed by atoms with Gasteiger partial charge in [-0.15, -0.1) is 10.2 Å². The lowest BCUT2D eigenvalue weighted by Crippen LogP contribution is -1.98. The minimum atomic E-state index is 0.875. The van der Waals surface area contributed by atoms with Crippen LogP contribution >= 0.6 is 11.3 Å². The number of anilines is 1. The van der Waals surface area contributed by atoms with E-state index in [4.69, 9.17) is 0 Å². The number of aryl methyl sites for hydroxylation is 1. The summed E-state index contributed by atoms with van der Waals surface area (Å²) in [6.45, 7) is 5.99. The van der Waals surface area contributed by atoms with Gasteiger partial charge in [0.1, 0.15) is 0 Å². The molecule has 0 atom stereocenters. The molecule has 0 spiro atoms. The van der Waals surface area contributed by atoms with Gasteiger partial charge in [0, 0.05) is 19.3 Å². The minimum Gasteiger partial charge on any atom is -0.360 e. The van der Waals surface area contributed by atoms with E-state index in [9.17, 15) is 0 Å². The van der Waals surface area contributed by atoms with E-state index in [0.717, 1.165) is 35.2 Å². The summed E-state index contributed by atoms with van der Waals surface area (Å²) in [5, 5.41) is 17.5. The minimum absolute atomic E-state index is 0.875. The van der Waals surface area contributed by atoms with Crippen LogP contribution < -0.4 is 5.32 Å². The highest BCUT2D eigenvalue weighted by Gasteiger charge is 2.07. The molecule has 2 aromatic rings. The largest absolute Gasteiger partial charge is 0.360 e. The lowest BCUT2D eigenvalue weighted by molar-refractivity contribution is 0.660. The van der Waals surface area contributed by atoms with Gasteiger partial charge in [-0.1, -0.05) is 18.3 Å². The van der Waals surface area contributed by atoms with Crippen LogP contribution in [-0.4, -0.2) is 26.5 Å². The van der Waals surface area contributed by atoms with E-state index < -0.39 is 0 Å². The average Bonchev–Trinajstić information content (AvgIpc) is 2.94. The zero-order valence-electron chi connectivity index (χ0n) is 9.47. The Balaban J connectivity index is 2.11. The lowest BCUT2D eigenvalue weighted by atomic mass is 10.4. The summed E-state index contributed by atoms with van der Waals surface area (Å²) in [6.07, 6.45) is 4.90. The molecule has 16 heavy (non-hydrogen) atoms. The van der Waals surface area contributed by atoms with E-state index in [0.29, 0.717) is 0 Å². The number of hydrogen-bond acceptors (Lipinski definition) is 5. The van der Waals surface area contributed by atoms with Crippen molar-refractivity contribution < 1.29 is 0 Å². The number of nitrogens with zero attached hydrogens (tertiary/aromatic N) is 4. The second-order valence-electron chi connectivity index (χ2n) is 3.42. The molecule has 2 rings (SSSR count). The van der Waals surface area contributed by atoms with Crippen molar-refractivity contribution in [2.24, 2.45) is 0 Å². The summed E-state index contributed by atoms with van der Waals surface area (Å²) in [6, 6.07) is 0. The molecule has 1 N–H and O–H groups in total. The fourth-order valence-electron chi connectivity index (χ4n) is 1.29. The maximum atomic E-state index is 4.22. The van der Waals surface area contributed by atoms with Crippen LogP contribution in [0.2, 0.25) is 0 Å². The number of nitrogens with one attached hydrogen (secondary N) is 1. The topological polar surface area (TPSA) is 55.6 Å². The SMILES string of the molecule is CCCNc1nnc(-c2cnn(CC)c2)s1. The summed E-state index contributed by atoms with van der Waals surface area (Å²) >= 11 is 1.56. The van der Waals surface area contributed by atoms with E-state index in [-0.39, 0.29) is 0 Å². The van der Waals surface area contributed by atoms with E-state index in [2.05, 4.69) is 34.5 Å². The highest BCUT2D eigenvalue weighted by molar-refractivity contribution is 7.18. The molecule has 2 heterocycles. The van der Waals surface area contributed by atoms with Crippen molar-refractivity contribution >= 4 is 16.5 Å². The third-order valence-corrected chi connectivity index (χ3v) is 3.09. The Morgan fingerprint density at radius 1 is 1.38 bits per heavy atom. The molecule has 0 bridgehead atoms. The van der Waals surface area contributed by atoms with E-state index in [1.54, 1.807) is 11.3 Å². The Morgan fingerprint density at radius 3 is 2.94 bits per heavy atom. The molecule has 0 aliphatic heterocycles. The molecule has 0 radical (unpaired) electrons. The van der Waals surface area contributed by atoms with Gasteiger partial charge in [-0.2, -0.15) is 5.10 Å². The van der Waals surface area contributed by atoms with Crippen molar-refractivity contribution in [3.8, 4) is 10.6 Å². The highest BCUT2D eigenvalue weighted by atomic mass is 32.1. The van der Waals surface area contributed by atoms with Gasteiger partial charge in [-0.05, 0) is 13.3 Å². The predicted octanol–water partition coefficient (Wildman–Crippen LogP) is 2.24. The summed E-state index contributed by atoms with van der Waals surface area (Å²) in [4.78, 5) is 0. The van der Waals surface area contributed by atoms with Gasteiger partial charge >= 0.3 is 0 Å². The van der Waals surface area contributed by atoms with Crippen LogP contribution in [0.25, 0.3) is 10.6 Å². The van der Waals surface area contributed by atoms with Crippen LogP contribution in [0.1, 0.15) is 20.3 Å². The molecule has 5 nitrogen and oxygen atoms in total. The molecule has 0 aromatic carbocycles. The molecule has 6 heteroatoms. The smallest absolute Gasteiger partial charge is 0.206 e. The van der Waals surface area contributed by atoms with Crippen LogP contribution in [-0.2, 0) is 6.54 Å². The van der Waals surface area contributed by atoms with Crippen molar-refractivity contribution in [2.75, 3.05) is 11.9 Å². The Labute approximate surface area is 98.5 Å². The highest BCUT2D eigenvalue weighted by Crippen LogP contribution is 2.25. The zero-order chi connectivity index (χ0) is 11.4. The van der Waals surface area contributed by atoms with Gasteiger partial charge in [0.25, 0.3) is 0 Å². The second-order valence-corrected chi connectivity index (χ2v) is 4.40. The molecule has 2 aromatic heterocycles. The van der Waals surface area contributed by atoms with Crippen molar-refractivity contribution in [1.29, 1.82) is 0 Å². The Kier molecular flexibility index (Phi) is 3.51. The fraction of sp³-hybridized carbons (Fsp3) is 0.500. The van der Waals surface area contributed by atoms with Crippen LogP contribution in [0.4, 0.5) is 5.13 Å². The molecular formula is C10H15N5S. The van der Waals surface area contributed by atoms with E-state index in [1.807, 2.05) is 17.1 Å². The van der Waals surface area contributed by atoms with Gasteiger partial charge < -0.3 is 5.32 Å². The molecule has 0 amide bonds. The molecule has 86 valence electrons. The van der Waals surface area contributed by atoms with Crippen molar-refractivity contribution in [3.05, 3.63) is 12.4 Å². The molecular weight excluding hydrogens is 222 g/mol. The standard InChI is InChI=1S/C10H15N5S/c1-3-5-11-10-14-13-9(16-10)8-6-12-15(4-2)7-8/h6-7H,3-5H2,1-2H3,(H,11,14). The molecule has 0 aliphatic carbocycles. The van der Waals surface area contributed by atoms with Gasteiger partial charge in [-0.25, -0.2) is 0 Å². The summed E-state index contributed by atoms with van der Waals surface area (Å²) in [5.74, 6) is 0. The summed E-state index contributed by atoms with van der Waals surface area (Å²) in [7, 11) is 0. The first-order chi connectivity index (χ1) is 7.83. The quantitative estimate of drug-likeness (QED) is 0.866. The van der Waals surface area contributed by atoms with Gasteiger partial charge in [-0.3, -0.25) is 4.68 Å². The third-order valence-electron chi connectivity index (χ3n) is 2.16.